The Kier molecular flexibility index (Phi) is 7.52. The molecule has 2 heterocycles. The third-order valence-corrected chi connectivity index (χ3v) is 8.69. The number of ether oxygens (including phenoxy) is 1. The van der Waals surface area contributed by atoms with Crippen molar-refractivity contribution in [1.29, 1.82) is 0 Å². The van der Waals surface area contributed by atoms with Gasteiger partial charge in [0.25, 0.3) is 0 Å². The van der Waals surface area contributed by atoms with Gasteiger partial charge in [0.1, 0.15) is 11.4 Å². The van der Waals surface area contributed by atoms with E-state index in [0.717, 1.165) is 49.7 Å². The molecule has 4 rings (SSSR count). The molecule has 2 aromatic rings. The van der Waals surface area contributed by atoms with E-state index >= 15 is 0 Å². The number of aryl methyl sites for hydroxylation is 1. The summed E-state index contributed by atoms with van der Waals surface area (Å²) in [4.78, 5) is 20.1. The number of aromatic nitrogens is 1. The molecule has 1 amide bonds. The number of amides is 1. The SMILES string of the molecule is Cc1ccc(S(=O)(=O)N2CCC[C@@H]2c2cccnc2N(C(=O)OC(C)(C)C)C2CCCCC2)cc1. The van der Waals surface area contributed by atoms with Crippen LogP contribution in [0, 0.1) is 6.92 Å². The standard InChI is InChI=1S/C27H37N3O4S/c1-20-14-16-22(17-15-20)35(32,33)29-19-9-13-24(29)23-12-8-18-28-25(23)30(21-10-6-5-7-11-21)26(31)34-27(2,3)4/h8,12,14-18,21,24H,5-7,9-11,13,19H2,1-4H3/t24-/m1/s1. The molecule has 2 aliphatic rings. The monoisotopic (exact) mass is 499 g/mol. The van der Waals surface area contributed by atoms with Crippen molar-refractivity contribution in [1.82, 2.24) is 9.29 Å². The first-order valence-corrected chi connectivity index (χ1v) is 14.1. The van der Waals surface area contributed by atoms with Crippen molar-refractivity contribution in [2.75, 3.05) is 11.4 Å². The zero-order valence-corrected chi connectivity index (χ0v) is 22.1. The van der Waals surface area contributed by atoms with Gasteiger partial charge in [-0.15, -0.1) is 0 Å². The fraction of sp³-hybridized carbons (Fsp3) is 0.556. The first kappa shape index (κ1) is 25.6. The van der Waals surface area contributed by atoms with Crippen LogP contribution < -0.4 is 4.90 Å². The molecule has 2 fully saturated rings. The summed E-state index contributed by atoms with van der Waals surface area (Å²) in [6.45, 7) is 7.95. The quantitative estimate of drug-likeness (QED) is 0.505. The van der Waals surface area contributed by atoms with E-state index in [0.29, 0.717) is 18.8 Å². The predicted octanol–water partition coefficient (Wildman–Crippen LogP) is 5.99. The lowest BCUT2D eigenvalue weighted by atomic mass is 9.93. The van der Waals surface area contributed by atoms with Crippen molar-refractivity contribution in [3.63, 3.8) is 0 Å². The lowest BCUT2D eigenvalue weighted by Gasteiger charge is -2.37. The van der Waals surface area contributed by atoms with Crippen LogP contribution in [-0.4, -0.2) is 42.0 Å². The Morgan fingerprint density at radius 1 is 1.03 bits per heavy atom. The number of rotatable bonds is 5. The second-order valence-corrected chi connectivity index (χ2v) is 12.5. The summed E-state index contributed by atoms with van der Waals surface area (Å²) < 4.78 is 34.7. The lowest BCUT2D eigenvalue weighted by Crippen LogP contribution is -2.46. The number of anilines is 1. The van der Waals surface area contributed by atoms with Gasteiger partial charge in [0, 0.05) is 24.3 Å². The molecular formula is C27H37N3O4S. The van der Waals surface area contributed by atoms with Gasteiger partial charge in [0.15, 0.2) is 0 Å². The summed E-state index contributed by atoms with van der Waals surface area (Å²) in [6, 6.07) is 10.3. The third-order valence-electron chi connectivity index (χ3n) is 6.77. The molecule has 1 saturated heterocycles. The Hall–Kier alpha value is -2.45. The molecule has 0 unspecified atom stereocenters. The molecule has 0 radical (unpaired) electrons. The van der Waals surface area contributed by atoms with E-state index in [1.165, 1.54) is 0 Å². The van der Waals surface area contributed by atoms with E-state index in [9.17, 15) is 13.2 Å². The highest BCUT2D eigenvalue weighted by molar-refractivity contribution is 7.89. The van der Waals surface area contributed by atoms with Crippen molar-refractivity contribution in [2.24, 2.45) is 0 Å². The van der Waals surface area contributed by atoms with E-state index in [1.54, 1.807) is 27.5 Å². The molecule has 1 aliphatic heterocycles. The fourth-order valence-electron chi connectivity index (χ4n) is 5.11. The number of benzene rings is 1. The molecule has 190 valence electrons. The number of carbonyl (C=O) groups excluding carboxylic acids is 1. The summed E-state index contributed by atoms with van der Waals surface area (Å²) in [7, 11) is -3.70. The van der Waals surface area contributed by atoms with E-state index in [-0.39, 0.29) is 10.9 Å². The molecule has 35 heavy (non-hydrogen) atoms. The highest BCUT2D eigenvalue weighted by Crippen LogP contribution is 2.41. The van der Waals surface area contributed by atoms with Gasteiger partial charge in [-0.25, -0.2) is 18.2 Å². The Morgan fingerprint density at radius 2 is 1.71 bits per heavy atom. The van der Waals surface area contributed by atoms with Crippen LogP contribution in [-0.2, 0) is 14.8 Å². The van der Waals surface area contributed by atoms with Crippen molar-refractivity contribution in [2.45, 2.75) is 95.2 Å². The second-order valence-electron chi connectivity index (χ2n) is 10.6. The van der Waals surface area contributed by atoms with Gasteiger partial charge >= 0.3 is 6.09 Å². The number of hydrogen-bond acceptors (Lipinski definition) is 5. The summed E-state index contributed by atoms with van der Waals surface area (Å²) in [5, 5.41) is 0. The Bertz CT molecular complexity index is 1140. The minimum Gasteiger partial charge on any atom is -0.443 e. The van der Waals surface area contributed by atoms with Crippen LogP contribution in [0.1, 0.15) is 82.9 Å². The molecule has 1 aliphatic carbocycles. The molecule has 7 nitrogen and oxygen atoms in total. The van der Waals surface area contributed by atoms with Crippen LogP contribution in [0.5, 0.6) is 0 Å². The molecule has 8 heteroatoms. The Labute approximate surface area is 209 Å². The van der Waals surface area contributed by atoms with Gasteiger partial charge in [-0.1, -0.05) is 43.0 Å². The average molecular weight is 500 g/mol. The number of carbonyl (C=O) groups is 1. The normalized spacial score (nSPS) is 20.1. The van der Waals surface area contributed by atoms with Gasteiger partial charge in [-0.05, 0) is 71.6 Å². The van der Waals surface area contributed by atoms with Crippen LogP contribution >= 0.6 is 0 Å². The minimum atomic E-state index is -3.70. The van der Waals surface area contributed by atoms with Crippen LogP contribution in [0.25, 0.3) is 0 Å². The molecule has 0 bridgehead atoms. The van der Waals surface area contributed by atoms with Crippen LogP contribution in [0.2, 0.25) is 0 Å². The number of sulfonamides is 1. The number of pyridine rings is 1. The number of nitrogens with zero attached hydrogens (tertiary/aromatic N) is 3. The highest BCUT2D eigenvalue weighted by Gasteiger charge is 2.40. The first-order chi connectivity index (χ1) is 16.6. The van der Waals surface area contributed by atoms with Gasteiger partial charge in [0.2, 0.25) is 10.0 Å². The van der Waals surface area contributed by atoms with Crippen LogP contribution in [0.3, 0.4) is 0 Å². The van der Waals surface area contributed by atoms with Crippen LogP contribution in [0.15, 0.2) is 47.5 Å². The van der Waals surface area contributed by atoms with Crippen LogP contribution in [0.4, 0.5) is 10.6 Å². The van der Waals surface area contributed by atoms with Crippen molar-refractivity contribution >= 4 is 21.9 Å². The van der Waals surface area contributed by atoms with E-state index in [1.807, 2.05) is 52.0 Å². The molecule has 1 aromatic heterocycles. The molecular weight excluding hydrogens is 462 g/mol. The molecule has 0 N–H and O–H groups in total. The summed E-state index contributed by atoms with van der Waals surface area (Å²) in [5.74, 6) is 0.518. The topological polar surface area (TPSA) is 79.8 Å². The fourth-order valence-corrected chi connectivity index (χ4v) is 6.79. The maximum Gasteiger partial charge on any atom is 0.416 e. The second kappa shape index (κ2) is 10.3. The smallest absolute Gasteiger partial charge is 0.416 e. The third kappa shape index (κ3) is 5.70. The Balaban J connectivity index is 1.74. The molecule has 1 aromatic carbocycles. The largest absolute Gasteiger partial charge is 0.443 e. The van der Waals surface area contributed by atoms with Crippen molar-refractivity contribution in [3.05, 3.63) is 53.7 Å². The molecule has 1 saturated carbocycles. The number of hydrogen-bond donors (Lipinski definition) is 0. The van der Waals surface area contributed by atoms with Crippen molar-refractivity contribution < 1.29 is 17.9 Å². The van der Waals surface area contributed by atoms with Crippen molar-refractivity contribution in [3.8, 4) is 0 Å². The van der Waals surface area contributed by atoms with Gasteiger partial charge in [-0.3, -0.25) is 4.90 Å². The van der Waals surface area contributed by atoms with E-state index in [4.69, 9.17) is 4.74 Å². The lowest BCUT2D eigenvalue weighted by molar-refractivity contribution is 0.0556. The minimum absolute atomic E-state index is 0.0178. The van der Waals surface area contributed by atoms with Gasteiger partial charge in [-0.2, -0.15) is 4.31 Å². The van der Waals surface area contributed by atoms with E-state index in [2.05, 4.69) is 4.98 Å². The van der Waals surface area contributed by atoms with Gasteiger partial charge in [0.05, 0.1) is 10.9 Å². The average Bonchev–Trinajstić information content (AvgIpc) is 3.30. The molecule has 0 spiro atoms. The zero-order valence-electron chi connectivity index (χ0n) is 21.2. The first-order valence-electron chi connectivity index (χ1n) is 12.6. The van der Waals surface area contributed by atoms with Gasteiger partial charge < -0.3 is 4.74 Å². The Morgan fingerprint density at radius 3 is 2.37 bits per heavy atom. The summed E-state index contributed by atoms with van der Waals surface area (Å²) in [6.07, 6.45) is 7.68. The summed E-state index contributed by atoms with van der Waals surface area (Å²) >= 11 is 0. The highest BCUT2D eigenvalue weighted by atomic mass is 32.2. The zero-order chi connectivity index (χ0) is 25.2. The predicted molar refractivity (Wildman–Crippen MR) is 137 cm³/mol. The maximum absolute atomic E-state index is 13.6. The summed E-state index contributed by atoms with van der Waals surface area (Å²) in [5.41, 5.74) is 1.13. The van der Waals surface area contributed by atoms with E-state index < -0.39 is 27.8 Å². The maximum atomic E-state index is 13.6. The molecule has 1 atom stereocenters.